The van der Waals surface area contributed by atoms with Crippen molar-refractivity contribution in [2.24, 2.45) is 5.73 Å². The van der Waals surface area contributed by atoms with Gasteiger partial charge in [0.2, 0.25) is 0 Å². The van der Waals surface area contributed by atoms with Crippen LogP contribution in [0.3, 0.4) is 0 Å². The van der Waals surface area contributed by atoms with Gasteiger partial charge in [0.1, 0.15) is 0 Å². The van der Waals surface area contributed by atoms with Gasteiger partial charge in [0.25, 0.3) is 5.91 Å². The minimum absolute atomic E-state index is 0.0550. The standard InChI is InChI=1S/C13H20N2O2/c1-13(2,7-8-16)15-12(17)11-5-3-10(9-14)4-6-11/h3-6,16H,7-9,14H2,1-2H3,(H,15,17). The summed E-state index contributed by atoms with van der Waals surface area (Å²) < 4.78 is 0. The van der Waals surface area contributed by atoms with Crippen molar-refractivity contribution in [1.82, 2.24) is 5.32 Å². The molecule has 1 amide bonds. The smallest absolute Gasteiger partial charge is 0.251 e. The van der Waals surface area contributed by atoms with Crippen molar-refractivity contribution >= 4 is 5.91 Å². The second kappa shape index (κ2) is 5.80. The molecular formula is C13H20N2O2. The maximum absolute atomic E-state index is 11.9. The van der Waals surface area contributed by atoms with Gasteiger partial charge in [-0.1, -0.05) is 12.1 Å². The molecule has 0 bridgehead atoms. The number of rotatable bonds is 5. The van der Waals surface area contributed by atoms with Crippen LogP contribution in [-0.4, -0.2) is 23.2 Å². The van der Waals surface area contributed by atoms with E-state index in [-0.39, 0.29) is 12.5 Å². The quantitative estimate of drug-likeness (QED) is 0.715. The highest BCUT2D eigenvalue weighted by molar-refractivity contribution is 5.94. The predicted molar refractivity (Wildman–Crippen MR) is 67.6 cm³/mol. The Kier molecular flexibility index (Phi) is 4.66. The monoisotopic (exact) mass is 236 g/mol. The molecule has 4 heteroatoms. The van der Waals surface area contributed by atoms with Gasteiger partial charge >= 0.3 is 0 Å². The Balaban J connectivity index is 2.69. The molecule has 0 aliphatic heterocycles. The van der Waals surface area contributed by atoms with E-state index in [1.165, 1.54) is 0 Å². The summed E-state index contributed by atoms with van der Waals surface area (Å²) in [5.74, 6) is -0.132. The highest BCUT2D eigenvalue weighted by Crippen LogP contribution is 2.10. The minimum atomic E-state index is -0.404. The molecule has 0 radical (unpaired) electrons. The molecule has 0 aliphatic carbocycles. The Morgan fingerprint density at radius 1 is 1.35 bits per heavy atom. The highest BCUT2D eigenvalue weighted by Gasteiger charge is 2.20. The number of hydrogen-bond donors (Lipinski definition) is 3. The van der Waals surface area contributed by atoms with Crippen LogP contribution < -0.4 is 11.1 Å². The highest BCUT2D eigenvalue weighted by atomic mass is 16.3. The van der Waals surface area contributed by atoms with Gasteiger partial charge in [0, 0.05) is 24.3 Å². The summed E-state index contributed by atoms with van der Waals surface area (Å²) >= 11 is 0. The molecule has 0 heterocycles. The van der Waals surface area contributed by atoms with E-state index in [1.54, 1.807) is 12.1 Å². The first kappa shape index (κ1) is 13.7. The number of carbonyl (C=O) groups excluding carboxylic acids is 1. The second-order valence-electron chi connectivity index (χ2n) is 4.71. The van der Waals surface area contributed by atoms with Gasteiger partial charge in [-0.25, -0.2) is 0 Å². The number of aliphatic hydroxyl groups is 1. The molecule has 0 unspecified atom stereocenters. The van der Waals surface area contributed by atoms with Gasteiger partial charge in [0.15, 0.2) is 0 Å². The molecule has 0 aliphatic rings. The number of benzene rings is 1. The van der Waals surface area contributed by atoms with Gasteiger partial charge in [0.05, 0.1) is 0 Å². The zero-order chi connectivity index (χ0) is 12.9. The molecule has 0 spiro atoms. The van der Waals surface area contributed by atoms with E-state index in [1.807, 2.05) is 26.0 Å². The lowest BCUT2D eigenvalue weighted by molar-refractivity contribution is 0.0899. The maximum atomic E-state index is 11.9. The van der Waals surface area contributed by atoms with Gasteiger partial charge in [-0.3, -0.25) is 4.79 Å². The number of nitrogens with two attached hydrogens (primary N) is 1. The average molecular weight is 236 g/mol. The van der Waals surface area contributed by atoms with Gasteiger partial charge in [-0.05, 0) is 38.0 Å². The van der Waals surface area contributed by atoms with Crippen molar-refractivity contribution in [3.05, 3.63) is 35.4 Å². The van der Waals surface area contributed by atoms with E-state index < -0.39 is 5.54 Å². The molecule has 17 heavy (non-hydrogen) atoms. The molecular weight excluding hydrogens is 216 g/mol. The third kappa shape index (κ3) is 4.17. The third-order valence-electron chi connectivity index (χ3n) is 2.64. The summed E-state index contributed by atoms with van der Waals surface area (Å²) in [5.41, 5.74) is 6.69. The lowest BCUT2D eigenvalue weighted by Crippen LogP contribution is -2.44. The summed E-state index contributed by atoms with van der Waals surface area (Å²) in [6.45, 7) is 4.29. The molecule has 0 aromatic heterocycles. The molecule has 0 saturated carbocycles. The van der Waals surface area contributed by atoms with Gasteiger partial charge in [-0.2, -0.15) is 0 Å². The van der Waals surface area contributed by atoms with Crippen molar-refractivity contribution in [3.63, 3.8) is 0 Å². The number of amides is 1. The van der Waals surface area contributed by atoms with Crippen LogP contribution in [0.25, 0.3) is 0 Å². The van der Waals surface area contributed by atoms with Crippen LogP contribution in [0.4, 0.5) is 0 Å². The maximum Gasteiger partial charge on any atom is 0.251 e. The molecule has 1 rings (SSSR count). The Labute approximate surface area is 102 Å². The lowest BCUT2D eigenvalue weighted by atomic mass is 10.0. The van der Waals surface area contributed by atoms with Crippen LogP contribution in [0.15, 0.2) is 24.3 Å². The van der Waals surface area contributed by atoms with E-state index in [0.29, 0.717) is 18.5 Å². The molecule has 4 N–H and O–H groups in total. The van der Waals surface area contributed by atoms with Crippen molar-refractivity contribution in [3.8, 4) is 0 Å². The second-order valence-corrected chi connectivity index (χ2v) is 4.71. The number of hydrogen-bond acceptors (Lipinski definition) is 3. The first-order chi connectivity index (χ1) is 7.98. The molecule has 1 aromatic carbocycles. The zero-order valence-corrected chi connectivity index (χ0v) is 10.4. The van der Waals surface area contributed by atoms with E-state index >= 15 is 0 Å². The number of carbonyl (C=O) groups is 1. The largest absolute Gasteiger partial charge is 0.396 e. The van der Waals surface area contributed by atoms with Crippen molar-refractivity contribution in [1.29, 1.82) is 0 Å². The minimum Gasteiger partial charge on any atom is -0.396 e. The van der Waals surface area contributed by atoms with Crippen molar-refractivity contribution < 1.29 is 9.90 Å². The Bertz CT molecular complexity index is 372. The van der Waals surface area contributed by atoms with Gasteiger partial charge in [-0.15, -0.1) is 0 Å². The van der Waals surface area contributed by atoms with Crippen LogP contribution in [-0.2, 0) is 6.54 Å². The van der Waals surface area contributed by atoms with E-state index in [9.17, 15) is 4.79 Å². The Morgan fingerprint density at radius 3 is 2.41 bits per heavy atom. The average Bonchev–Trinajstić information content (AvgIpc) is 2.28. The lowest BCUT2D eigenvalue weighted by Gasteiger charge is -2.25. The molecule has 1 aromatic rings. The fourth-order valence-electron chi connectivity index (χ4n) is 1.51. The summed E-state index contributed by atoms with van der Waals surface area (Å²) in [6.07, 6.45) is 0.527. The summed E-state index contributed by atoms with van der Waals surface area (Å²) in [6, 6.07) is 7.20. The Morgan fingerprint density at radius 2 is 1.94 bits per heavy atom. The Hall–Kier alpha value is -1.39. The van der Waals surface area contributed by atoms with Crippen molar-refractivity contribution in [2.45, 2.75) is 32.4 Å². The SMILES string of the molecule is CC(C)(CCO)NC(=O)c1ccc(CN)cc1. The van der Waals surface area contributed by atoms with Crippen LogP contribution in [0.2, 0.25) is 0 Å². The molecule has 94 valence electrons. The van der Waals surface area contributed by atoms with Crippen LogP contribution in [0.1, 0.15) is 36.2 Å². The molecule has 0 fully saturated rings. The first-order valence-corrected chi connectivity index (χ1v) is 5.71. The molecule has 0 saturated heterocycles. The van der Waals surface area contributed by atoms with Crippen LogP contribution in [0, 0.1) is 0 Å². The van der Waals surface area contributed by atoms with E-state index in [2.05, 4.69) is 5.32 Å². The fourth-order valence-corrected chi connectivity index (χ4v) is 1.51. The van der Waals surface area contributed by atoms with E-state index in [4.69, 9.17) is 10.8 Å². The fraction of sp³-hybridized carbons (Fsp3) is 0.462. The van der Waals surface area contributed by atoms with E-state index in [0.717, 1.165) is 5.56 Å². The summed E-state index contributed by atoms with van der Waals surface area (Å²) in [5, 5.41) is 11.8. The molecule has 0 atom stereocenters. The number of nitrogens with one attached hydrogen (secondary N) is 1. The van der Waals surface area contributed by atoms with Gasteiger partial charge < -0.3 is 16.2 Å². The summed E-state index contributed by atoms with van der Waals surface area (Å²) in [4.78, 5) is 11.9. The first-order valence-electron chi connectivity index (χ1n) is 5.71. The van der Waals surface area contributed by atoms with Crippen molar-refractivity contribution in [2.75, 3.05) is 6.61 Å². The summed E-state index contributed by atoms with van der Waals surface area (Å²) in [7, 11) is 0. The zero-order valence-electron chi connectivity index (χ0n) is 10.4. The predicted octanol–water partition coefficient (Wildman–Crippen LogP) is 1.04. The number of aliphatic hydroxyl groups excluding tert-OH is 1. The van der Waals surface area contributed by atoms with Crippen LogP contribution in [0.5, 0.6) is 0 Å². The third-order valence-corrected chi connectivity index (χ3v) is 2.64. The molecule has 4 nitrogen and oxygen atoms in total. The topological polar surface area (TPSA) is 75.3 Å². The van der Waals surface area contributed by atoms with Crippen LogP contribution >= 0.6 is 0 Å². The normalized spacial score (nSPS) is 11.3.